The van der Waals surface area contributed by atoms with Crippen molar-refractivity contribution in [2.24, 2.45) is 0 Å². The van der Waals surface area contributed by atoms with E-state index in [9.17, 15) is 9.90 Å². The van der Waals surface area contributed by atoms with Gasteiger partial charge in [0.2, 0.25) is 0 Å². The Labute approximate surface area is 147 Å². The first-order valence-electron chi connectivity index (χ1n) is 8.78. The standard InChI is InChI=1S/C19H24O6/c1-18(2)24-15-16(25-18)19(21)10-13(20)8-9-14(19)23-17(15)22-11-12-6-4-3-5-7-12/h3-7,14-17,21H,8-11H2,1-2H3/t14-,15+,16-,17+,19-/m1/s1. The molecule has 0 bridgehead atoms. The fourth-order valence-electron chi connectivity index (χ4n) is 4.03. The average Bonchev–Trinajstić information content (AvgIpc) is 2.90. The van der Waals surface area contributed by atoms with Crippen LogP contribution < -0.4 is 0 Å². The Morgan fingerprint density at radius 1 is 1.24 bits per heavy atom. The van der Waals surface area contributed by atoms with Gasteiger partial charge in [-0.3, -0.25) is 4.79 Å². The maximum Gasteiger partial charge on any atom is 0.187 e. The Balaban J connectivity index is 1.56. The van der Waals surface area contributed by atoms with Crippen LogP contribution in [0.15, 0.2) is 30.3 Å². The number of hydrogen-bond acceptors (Lipinski definition) is 6. The number of benzene rings is 1. The monoisotopic (exact) mass is 348 g/mol. The Morgan fingerprint density at radius 3 is 2.76 bits per heavy atom. The normalized spacial score (nSPS) is 39.7. The summed E-state index contributed by atoms with van der Waals surface area (Å²) in [4.78, 5) is 11.9. The third kappa shape index (κ3) is 3.13. The molecule has 1 aromatic rings. The molecule has 25 heavy (non-hydrogen) atoms. The summed E-state index contributed by atoms with van der Waals surface area (Å²) in [6, 6.07) is 9.81. The van der Waals surface area contributed by atoms with E-state index in [0.29, 0.717) is 19.4 Å². The van der Waals surface area contributed by atoms with Gasteiger partial charge < -0.3 is 24.1 Å². The zero-order valence-electron chi connectivity index (χ0n) is 14.5. The van der Waals surface area contributed by atoms with E-state index in [1.54, 1.807) is 13.8 Å². The van der Waals surface area contributed by atoms with Gasteiger partial charge >= 0.3 is 0 Å². The summed E-state index contributed by atoms with van der Waals surface area (Å²) < 4.78 is 23.9. The molecule has 1 N–H and O–H groups in total. The maximum atomic E-state index is 11.9. The number of aliphatic hydroxyl groups is 1. The molecule has 136 valence electrons. The molecule has 2 heterocycles. The molecular formula is C19H24O6. The predicted octanol–water partition coefficient (Wildman–Crippen LogP) is 1.93. The van der Waals surface area contributed by atoms with Gasteiger partial charge in [0.05, 0.1) is 12.7 Å². The van der Waals surface area contributed by atoms with E-state index in [2.05, 4.69) is 0 Å². The topological polar surface area (TPSA) is 74.2 Å². The van der Waals surface area contributed by atoms with Crippen molar-refractivity contribution in [1.29, 1.82) is 0 Å². The molecule has 2 saturated heterocycles. The lowest BCUT2D eigenvalue weighted by atomic mass is 9.74. The summed E-state index contributed by atoms with van der Waals surface area (Å²) in [5.74, 6) is -0.837. The zero-order chi connectivity index (χ0) is 17.7. The van der Waals surface area contributed by atoms with Crippen LogP contribution in [0.2, 0.25) is 0 Å². The Bertz CT molecular complexity index is 645. The van der Waals surface area contributed by atoms with Crippen molar-refractivity contribution in [1.82, 2.24) is 0 Å². The van der Waals surface area contributed by atoms with Crippen LogP contribution in [0.4, 0.5) is 0 Å². The second kappa shape index (κ2) is 6.14. The number of Topliss-reactive ketones (excluding diaryl/α,β-unsaturated/α-hetero) is 1. The summed E-state index contributed by atoms with van der Waals surface area (Å²) in [6.45, 7) is 3.97. The first kappa shape index (κ1) is 17.1. The Kier molecular flexibility index (Phi) is 4.21. The Morgan fingerprint density at radius 2 is 2.00 bits per heavy atom. The summed E-state index contributed by atoms with van der Waals surface area (Å²) in [5, 5.41) is 11.2. The van der Waals surface area contributed by atoms with Gasteiger partial charge in [0, 0.05) is 12.8 Å². The van der Waals surface area contributed by atoms with E-state index < -0.39 is 36.0 Å². The third-order valence-corrected chi connectivity index (χ3v) is 5.17. The van der Waals surface area contributed by atoms with Crippen molar-refractivity contribution in [2.75, 3.05) is 0 Å². The van der Waals surface area contributed by atoms with Gasteiger partial charge in [-0.25, -0.2) is 0 Å². The molecular weight excluding hydrogens is 324 g/mol. The molecule has 0 radical (unpaired) electrons. The van der Waals surface area contributed by atoms with E-state index in [-0.39, 0.29) is 12.2 Å². The molecule has 6 heteroatoms. The number of rotatable bonds is 3. The van der Waals surface area contributed by atoms with Crippen molar-refractivity contribution in [3.05, 3.63) is 35.9 Å². The van der Waals surface area contributed by atoms with Crippen LogP contribution in [0.3, 0.4) is 0 Å². The lowest BCUT2D eigenvalue weighted by Gasteiger charge is -2.49. The predicted molar refractivity (Wildman–Crippen MR) is 87.5 cm³/mol. The van der Waals surface area contributed by atoms with Crippen LogP contribution in [0, 0.1) is 0 Å². The van der Waals surface area contributed by atoms with E-state index in [4.69, 9.17) is 18.9 Å². The summed E-state index contributed by atoms with van der Waals surface area (Å²) in [6.07, 6.45) is -1.47. The molecule has 6 nitrogen and oxygen atoms in total. The third-order valence-electron chi connectivity index (χ3n) is 5.17. The molecule has 2 aliphatic heterocycles. The van der Waals surface area contributed by atoms with Crippen molar-refractivity contribution in [3.63, 3.8) is 0 Å². The van der Waals surface area contributed by atoms with E-state index >= 15 is 0 Å². The molecule has 0 aromatic heterocycles. The second-order valence-corrected chi connectivity index (χ2v) is 7.56. The number of carbonyl (C=O) groups is 1. The van der Waals surface area contributed by atoms with Crippen LogP contribution >= 0.6 is 0 Å². The average molecular weight is 348 g/mol. The van der Waals surface area contributed by atoms with Crippen molar-refractivity contribution in [2.45, 2.75) is 75.7 Å². The highest BCUT2D eigenvalue weighted by molar-refractivity contribution is 5.80. The SMILES string of the molecule is CC1(C)O[C@@H]2[C@@H](OCc3ccccc3)O[C@@H]3CCC(=O)C[C@]3(O)[C@@H]2O1. The van der Waals surface area contributed by atoms with Gasteiger partial charge in [0.15, 0.2) is 12.1 Å². The van der Waals surface area contributed by atoms with Crippen LogP contribution in [-0.4, -0.2) is 46.9 Å². The minimum absolute atomic E-state index is 0.0260. The molecule has 1 aliphatic carbocycles. The molecule has 1 aromatic carbocycles. The van der Waals surface area contributed by atoms with Gasteiger partial charge in [0.25, 0.3) is 0 Å². The lowest BCUT2D eigenvalue weighted by molar-refractivity contribution is -0.311. The Hall–Kier alpha value is -1.31. The maximum absolute atomic E-state index is 11.9. The van der Waals surface area contributed by atoms with Crippen molar-refractivity contribution >= 4 is 5.78 Å². The molecule has 3 fully saturated rings. The smallest absolute Gasteiger partial charge is 0.187 e. The van der Waals surface area contributed by atoms with Gasteiger partial charge in [0.1, 0.15) is 23.6 Å². The number of ketones is 1. The van der Waals surface area contributed by atoms with Gasteiger partial charge in [-0.2, -0.15) is 0 Å². The van der Waals surface area contributed by atoms with E-state index in [1.807, 2.05) is 30.3 Å². The molecule has 5 atom stereocenters. The highest BCUT2D eigenvalue weighted by Crippen LogP contribution is 2.47. The number of fused-ring (bicyclic) bond motifs is 3. The molecule has 0 amide bonds. The van der Waals surface area contributed by atoms with Crippen LogP contribution in [-0.2, 0) is 30.3 Å². The summed E-state index contributed by atoms with van der Waals surface area (Å²) >= 11 is 0. The molecule has 1 saturated carbocycles. The number of carbonyl (C=O) groups excluding carboxylic acids is 1. The fourth-order valence-corrected chi connectivity index (χ4v) is 4.03. The minimum Gasteiger partial charge on any atom is -0.384 e. The van der Waals surface area contributed by atoms with Crippen molar-refractivity contribution < 1.29 is 28.8 Å². The summed E-state index contributed by atoms with van der Waals surface area (Å²) in [5.41, 5.74) is -0.333. The molecule has 0 unspecified atom stereocenters. The van der Waals surface area contributed by atoms with Gasteiger partial charge in [-0.05, 0) is 25.8 Å². The first-order chi connectivity index (χ1) is 11.9. The van der Waals surface area contributed by atoms with E-state index in [1.165, 1.54) is 0 Å². The molecule has 4 rings (SSSR count). The second-order valence-electron chi connectivity index (χ2n) is 7.56. The number of hydrogen-bond donors (Lipinski definition) is 1. The van der Waals surface area contributed by atoms with Gasteiger partial charge in [-0.1, -0.05) is 30.3 Å². The van der Waals surface area contributed by atoms with Crippen LogP contribution in [0.25, 0.3) is 0 Å². The quantitative estimate of drug-likeness (QED) is 0.900. The summed E-state index contributed by atoms with van der Waals surface area (Å²) in [7, 11) is 0. The fraction of sp³-hybridized carbons (Fsp3) is 0.632. The lowest BCUT2D eigenvalue weighted by Crippen LogP contribution is -2.67. The molecule has 0 spiro atoms. The highest BCUT2D eigenvalue weighted by atomic mass is 16.8. The van der Waals surface area contributed by atoms with Crippen molar-refractivity contribution in [3.8, 4) is 0 Å². The van der Waals surface area contributed by atoms with Gasteiger partial charge in [-0.15, -0.1) is 0 Å². The zero-order valence-corrected chi connectivity index (χ0v) is 14.5. The van der Waals surface area contributed by atoms with E-state index in [0.717, 1.165) is 5.56 Å². The van der Waals surface area contributed by atoms with Crippen LogP contribution in [0.1, 0.15) is 38.7 Å². The largest absolute Gasteiger partial charge is 0.384 e. The van der Waals surface area contributed by atoms with Crippen LogP contribution in [0.5, 0.6) is 0 Å². The highest BCUT2D eigenvalue weighted by Gasteiger charge is 2.64. The minimum atomic E-state index is -1.36. The first-order valence-corrected chi connectivity index (χ1v) is 8.78. The molecule has 3 aliphatic rings. The number of ether oxygens (including phenoxy) is 4.